The van der Waals surface area contributed by atoms with E-state index >= 15 is 0 Å². The van der Waals surface area contributed by atoms with Gasteiger partial charge in [0.2, 0.25) is 5.91 Å². The summed E-state index contributed by atoms with van der Waals surface area (Å²) in [5.74, 6) is 0.666. The second kappa shape index (κ2) is 4.16. The number of hydrogen-bond acceptors (Lipinski definition) is 2. The fraction of sp³-hybridized carbons (Fsp3) is 0.462. The number of carbonyl (C=O) groups is 1. The Morgan fingerprint density at radius 2 is 2.06 bits per heavy atom. The molecule has 1 atom stereocenters. The minimum absolute atomic E-state index is 0.0747. The molecule has 0 spiro atoms. The summed E-state index contributed by atoms with van der Waals surface area (Å²) in [6, 6.07) is 7.10. The first-order valence-electron chi connectivity index (χ1n) is 5.66. The largest absolute Gasteiger partial charge is 0.508 e. The molecule has 16 heavy (non-hydrogen) atoms. The first-order chi connectivity index (χ1) is 7.61. The number of benzene rings is 1. The van der Waals surface area contributed by atoms with Crippen molar-refractivity contribution >= 4 is 5.91 Å². The molecule has 3 nitrogen and oxygen atoms in total. The summed E-state index contributed by atoms with van der Waals surface area (Å²) in [5, 5.41) is 9.73. The molecule has 0 aromatic heterocycles. The molecule has 0 bridgehead atoms. The fourth-order valence-corrected chi connectivity index (χ4v) is 1.86. The van der Waals surface area contributed by atoms with Crippen molar-refractivity contribution in [1.29, 1.82) is 0 Å². The van der Waals surface area contributed by atoms with Gasteiger partial charge in [-0.25, -0.2) is 0 Å². The number of phenols is 1. The van der Waals surface area contributed by atoms with Crippen LogP contribution in [0.3, 0.4) is 0 Å². The Kier molecular flexibility index (Phi) is 2.86. The number of carbonyl (C=O) groups excluding carboxylic acids is 1. The Morgan fingerprint density at radius 3 is 2.62 bits per heavy atom. The van der Waals surface area contributed by atoms with E-state index in [1.165, 1.54) is 0 Å². The summed E-state index contributed by atoms with van der Waals surface area (Å²) < 4.78 is 0. The van der Waals surface area contributed by atoms with Crippen LogP contribution in [0.2, 0.25) is 0 Å². The zero-order valence-electron chi connectivity index (χ0n) is 9.68. The second-order valence-corrected chi connectivity index (χ2v) is 4.46. The van der Waals surface area contributed by atoms with Gasteiger partial charge in [0, 0.05) is 18.5 Å². The average Bonchev–Trinajstić information content (AvgIpc) is 3.11. The Labute approximate surface area is 95.7 Å². The van der Waals surface area contributed by atoms with Crippen LogP contribution in [0.4, 0.5) is 0 Å². The van der Waals surface area contributed by atoms with Crippen LogP contribution < -0.4 is 0 Å². The molecule has 1 aliphatic carbocycles. The summed E-state index contributed by atoms with van der Waals surface area (Å²) in [6.07, 6.45) is 2.02. The Bertz CT molecular complexity index is 399. The lowest BCUT2D eigenvalue weighted by atomic mass is 10.1. The SMILES string of the molecule is CC(c1ccccc1O)N(C)C(=O)C1CC1. The third-order valence-corrected chi connectivity index (χ3v) is 3.24. The van der Waals surface area contributed by atoms with E-state index in [2.05, 4.69) is 0 Å². The van der Waals surface area contributed by atoms with Gasteiger partial charge in [-0.3, -0.25) is 4.79 Å². The number of para-hydroxylation sites is 1. The molecule has 0 aliphatic heterocycles. The first-order valence-corrected chi connectivity index (χ1v) is 5.66. The highest BCUT2D eigenvalue weighted by Crippen LogP contribution is 2.34. The smallest absolute Gasteiger partial charge is 0.225 e. The predicted octanol–water partition coefficient (Wildman–Crippen LogP) is 2.32. The van der Waals surface area contributed by atoms with E-state index in [1.807, 2.05) is 19.1 Å². The van der Waals surface area contributed by atoms with Crippen molar-refractivity contribution < 1.29 is 9.90 Å². The summed E-state index contributed by atoms with van der Waals surface area (Å²) in [4.78, 5) is 13.6. The fourth-order valence-electron chi connectivity index (χ4n) is 1.86. The lowest BCUT2D eigenvalue weighted by molar-refractivity contribution is -0.133. The van der Waals surface area contributed by atoms with Crippen LogP contribution in [0.1, 0.15) is 31.4 Å². The summed E-state index contributed by atoms with van der Waals surface area (Å²) in [5.41, 5.74) is 0.805. The van der Waals surface area contributed by atoms with Crippen LogP contribution in [-0.2, 0) is 4.79 Å². The Morgan fingerprint density at radius 1 is 1.44 bits per heavy atom. The maximum atomic E-state index is 11.9. The second-order valence-electron chi connectivity index (χ2n) is 4.46. The molecule has 2 rings (SSSR count). The van der Waals surface area contributed by atoms with Gasteiger partial charge < -0.3 is 10.0 Å². The topological polar surface area (TPSA) is 40.5 Å². The van der Waals surface area contributed by atoms with Gasteiger partial charge in [-0.05, 0) is 25.8 Å². The van der Waals surface area contributed by atoms with E-state index < -0.39 is 0 Å². The number of rotatable bonds is 3. The minimum Gasteiger partial charge on any atom is -0.508 e. The molecule has 1 saturated carbocycles. The highest BCUT2D eigenvalue weighted by Gasteiger charge is 2.34. The molecule has 1 unspecified atom stereocenters. The molecule has 1 aliphatic rings. The first kappa shape index (κ1) is 11.0. The van der Waals surface area contributed by atoms with E-state index in [0.29, 0.717) is 0 Å². The third-order valence-electron chi connectivity index (χ3n) is 3.24. The van der Waals surface area contributed by atoms with E-state index in [4.69, 9.17) is 0 Å². The van der Waals surface area contributed by atoms with Gasteiger partial charge in [0.25, 0.3) is 0 Å². The van der Waals surface area contributed by atoms with E-state index in [9.17, 15) is 9.90 Å². The van der Waals surface area contributed by atoms with Gasteiger partial charge in [0.15, 0.2) is 0 Å². The predicted molar refractivity (Wildman–Crippen MR) is 62.0 cm³/mol. The van der Waals surface area contributed by atoms with Gasteiger partial charge in [-0.2, -0.15) is 0 Å². The molecule has 0 radical (unpaired) electrons. The van der Waals surface area contributed by atoms with Gasteiger partial charge in [0.05, 0.1) is 6.04 Å². The van der Waals surface area contributed by atoms with Gasteiger partial charge in [-0.1, -0.05) is 18.2 Å². The molecule has 1 amide bonds. The lowest BCUT2D eigenvalue weighted by Gasteiger charge is -2.25. The van der Waals surface area contributed by atoms with Crippen molar-refractivity contribution in [3.05, 3.63) is 29.8 Å². The molecule has 0 heterocycles. The Hall–Kier alpha value is -1.51. The van der Waals surface area contributed by atoms with E-state index in [-0.39, 0.29) is 23.6 Å². The molecule has 3 heteroatoms. The lowest BCUT2D eigenvalue weighted by Crippen LogP contribution is -2.30. The van der Waals surface area contributed by atoms with Crippen molar-refractivity contribution in [2.24, 2.45) is 5.92 Å². The molecular formula is C13H17NO2. The van der Waals surface area contributed by atoms with Crippen LogP contribution in [0.15, 0.2) is 24.3 Å². The van der Waals surface area contributed by atoms with Crippen molar-refractivity contribution in [3.63, 3.8) is 0 Å². The molecule has 1 N–H and O–H groups in total. The number of amides is 1. The van der Waals surface area contributed by atoms with Crippen molar-refractivity contribution in [3.8, 4) is 5.75 Å². The number of aromatic hydroxyl groups is 1. The van der Waals surface area contributed by atoms with Crippen molar-refractivity contribution in [1.82, 2.24) is 4.90 Å². The van der Waals surface area contributed by atoms with Crippen LogP contribution in [-0.4, -0.2) is 23.0 Å². The average molecular weight is 219 g/mol. The highest BCUT2D eigenvalue weighted by atomic mass is 16.3. The summed E-state index contributed by atoms with van der Waals surface area (Å²) in [6.45, 7) is 1.94. The zero-order valence-corrected chi connectivity index (χ0v) is 9.68. The molecule has 86 valence electrons. The molecule has 1 aromatic rings. The molecular weight excluding hydrogens is 202 g/mol. The Balaban J connectivity index is 2.14. The van der Waals surface area contributed by atoms with Crippen molar-refractivity contribution in [2.45, 2.75) is 25.8 Å². The van der Waals surface area contributed by atoms with Gasteiger partial charge in [0.1, 0.15) is 5.75 Å². The van der Waals surface area contributed by atoms with Crippen LogP contribution in [0.25, 0.3) is 0 Å². The number of phenolic OH excluding ortho intramolecular Hbond substituents is 1. The molecule has 0 saturated heterocycles. The van der Waals surface area contributed by atoms with Gasteiger partial charge in [-0.15, -0.1) is 0 Å². The van der Waals surface area contributed by atoms with Crippen LogP contribution >= 0.6 is 0 Å². The minimum atomic E-state index is -0.0747. The number of hydrogen-bond donors (Lipinski definition) is 1. The molecule has 1 aromatic carbocycles. The van der Waals surface area contributed by atoms with Crippen molar-refractivity contribution in [2.75, 3.05) is 7.05 Å². The van der Waals surface area contributed by atoms with Crippen LogP contribution in [0.5, 0.6) is 5.75 Å². The summed E-state index contributed by atoms with van der Waals surface area (Å²) in [7, 11) is 1.80. The molecule has 1 fully saturated rings. The number of nitrogens with zero attached hydrogens (tertiary/aromatic N) is 1. The standard InChI is InChI=1S/C13H17NO2/c1-9(11-5-3-4-6-12(11)15)14(2)13(16)10-7-8-10/h3-6,9-10,15H,7-8H2,1-2H3. The normalized spacial score (nSPS) is 16.9. The monoisotopic (exact) mass is 219 g/mol. The van der Waals surface area contributed by atoms with E-state index in [0.717, 1.165) is 18.4 Å². The zero-order chi connectivity index (χ0) is 11.7. The highest BCUT2D eigenvalue weighted by molar-refractivity contribution is 5.81. The third kappa shape index (κ3) is 2.03. The summed E-state index contributed by atoms with van der Waals surface area (Å²) >= 11 is 0. The van der Waals surface area contributed by atoms with E-state index in [1.54, 1.807) is 24.1 Å². The maximum absolute atomic E-state index is 11.9. The van der Waals surface area contributed by atoms with Gasteiger partial charge >= 0.3 is 0 Å². The van der Waals surface area contributed by atoms with Crippen LogP contribution in [0, 0.1) is 5.92 Å². The quantitative estimate of drug-likeness (QED) is 0.847. The maximum Gasteiger partial charge on any atom is 0.225 e.